The number of hydrogen-bond donors (Lipinski definition) is 1. The number of esters is 1. The first-order valence-corrected chi connectivity index (χ1v) is 6.81. The van der Waals surface area contributed by atoms with Crippen molar-refractivity contribution < 1.29 is 9.53 Å². The van der Waals surface area contributed by atoms with Crippen LogP contribution in [0.25, 0.3) is 5.69 Å². The van der Waals surface area contributed by atoms with Crippen molar-refractivity contribution in [2.75, 3.05) is 11.9 Å². The number of ether oxygens (including phenoxy) is 1. The third-order valence-corrected chi connectivity index (χ3v) is 2.81. The van der Waals surface area contributed by atoms with Crippen LogP contribution in [0.1, 0.15) is 12.6 Å². The molecule has 0 amide bonds. The summed E-state index contributed by atoms with van der Waals surface area (Å²) in [5.41, 5.74) is 1.59. The highest BCUT2D eigenvalue weighted by atomic mass is 16.5. The SMILES string of the molecule is CCOC(=O)C(C#N)=CNc1cc(C)nn1-c1ccccc1. The normalized spacial score (nSPS) is 10.9. The summed E-state index contributed by atoms with van der Waals surface area (Å²) in [6.45, 7) is 3.78. The Balaban J connectivity index is 2.27. The molecule has 112 valence electrons. The van der Waals surface area contributed by atoms with Crippen molar-refractivity contribution in [3.05, 3.63) is 53.9 Å². The van der Waals surface area contributed by atoms with Crippen LogP contribution in [0.4, 0.5) is 5.82 Å². The smallest absolute Gasteiger partial charge is 0.350 e. The lowest BCUT2D eigenvalue weighted by atomic mass is 10.3. The largest absolute Gasteiger partial charge is 0.462 e. The number of rotatable bonds is 5. The highest BCUT2D eigenvalue weighted by Gasteiger charge is 2.11. The summed E-state index contributed by atoms with van der Waals surface area (Å²) < 4.78 is 6.51. The van der Waals surface area contributed by atoms with Crippen LogP contribution < -0.4 is 5.32 Å². The van der Waals surface area contributed by atoms with Gasteiger partial charge in [0, 0.05) is 12.3 Å². The summed E-state index contributed by atoms with van der Waals surface area (Å²) in [5, 5.41) is 16.3. The Hall–Kier alpha value is -3.07. The lowest BCUT2D eigenvalue weighted by Gasteiger charge is -2.07. The second-order valence-electron chi connectivity index (χ2n) is 4.45. The molecule has 1 heterocycles. The predicted molar refractivity (Wildman–Crippen MR) is 82.3 cm³/mol. The maximum Gasteiger partial charge on any atom is 0.350 e. The summed E-state index contributed by atoms with van der Waals surface area (Å²) in [6.07, 6.45) is 1.33. The van der Waals surface area contributed by atoms with E-state index < -0.39 is 5.97 Å². The number of anilines is 1. The predicted octanol–water partition coefficient (Wildman–Crippen LogP) is 2.56. The number of carbonyl (C=O) groups is 1. The summed E-state index contributed by atoms with van der Waals surface area (Å²) in [7, 11) is 0. The molecule has 0 saturated heterocycles. The van der Waals surface area contributed by atoms with E-state index in [0.29, 0.717) is 5.82 Å². The van der Waals surface area contributed by atoms with Crippen LogP contribution >= 0.6 is 0 Å². The Labute approximate surface area is 128 Å². The first kappa shape index (κ1) is 15.3. The van der Waals surface area contributed by atoms with Crippen molar-refractivity contribution in [2.24, 2.45) is 0 Å². The second kappa shape index (κ2) is 7.09. The first-order chi connectivity index (χ1) is 10.7. The van der Waals surface area contributed by atoms with E-state index in [-0.39, 0.29) is 12.2 Å². The Morgan fingerprint density at radius 2 is 2.18 bits per heavy atom. The van der Waals surface area contributed by atoms with Crippen LogP contribution in [-0.2, 0) is 9.53 Å². The maximum atomic E-state index is 11.6. The molecule has 0 fully saturated rings. The molecule has 0 unspecified atom stereocenters. The molecule has 0 bridgehead atoms. The topological polar surface area (TPSA) is 79.9 Å². The van der Waals surface area contributed by atoms with Gasteiger partial charge in [-0.2, -0.15) is 10.4 Å². The molecule has 1 aromatic heterocycles. The van der Waals surface area contributed by atoms with Crippen molar-refractivity contribution >= 4 is 11.8 Å². The molecule has 0 aliphatic carbocycles. The Kier molecular flexibility index (Phi) is 4.94. The number of nitrogens with zero attached hydrogens (tertiary/aromatic N) is 3. The van der Waals surface area contributed by atoms with Crippen LogP contribution in [0, 0.1) is 18.3 Å². The molecule has 6 nitrogen and oxygen atoms in total. The fourth-order valence-electron chi connectivity index (χ4n) is 1.86. The van der Waals surface area contributed by atoms with Gasteiger partial charge in [-0.05, 0) is 26.0 Å². The van der Waals surface area contributed by atoms with Crippen molar-refractivity contribution in [3.63, 3.8) is 0 Å². The average Bonchev–Trinajstić information content (AvgIpc) is 2.90. The fourth-order valence-corrected chi connectivity index (χ4v) is 1.86. The van der Waals surface area contributed by atoms with Gasteiger partial charge in [0.1, 0.15) is 11.9 Å². The Morgan fingerprint density at radius 3 is 2.82 bits per heavy atom. The maximum absolute atomic E-state index is 11.6. The molecule has 0 radical (unpaired) electrons. The summed E-state index contributed by atoms with van der Waals surface area (Å²) in [5.74, 6) is 0.000692. The second-order valence-corrected chi connectivity index (χ2v) is 4.45. The summed E-state index contributed by atoms with van der Waals surface area (Å²) in [4.78, 5) is 11.6. The quantitative estimate of drug-likeness (QED) is 0.521. The number of aromatic nitrogens is 2. The monoisotopic (exact) mass is 296 g/mol. The molecule has 0 aliphatic heterocycles. The molecule has 0 spiro atoms. The molecule has 2 rings (SSSR count). The van der Waals surface area contributed by atoms with E-state index in [1.54, 1.807) is 11.6 Å². The van der Waals surface area contributed by atoms with E-state index >= 15 is 0 Å². The number of hydrogen-bond acceptors (Lipinski definition) is 5. The van der Waals surface area contributed by atoms with E-state index in [1.165, 1.54) is 6.20 Å². The average molecular weight is 296 g/mol. The molecule has 1 aromatic carbocycles. The minimum atomic E-state index is -0.653. The van der Waals surface area contributed by atoms with Gasteiger partial charge in [-0.3, -0.25) is 0 Å². The van der Waals surface area contributed by atoms with E-state index in [2.05, 4.69) is 10.4 Å². The van der Waals surface area contributed by atoms with Gasteiger partial charge in [0.2, 0.25) is 0 Å². The van der Waals surface area contributed by atoms with Crippen molar-refractivity contribution in [3.8, 4) is 11.8 Å². The van der Waals surface area contributed by atoms with Crippen molar-refractivity contribution in [1.29, 1.82) is 5.26 Å². The third kappa shape index (κ3) is 3.52. The van der Waals surface area contributed by atoms with Gasteiger partial charge in [-0.25, -0.2) is 9.48 Å². The summed E-state index contributed by atoms with van der Waals surface area (Å²) >= 11 is 0. The van der Waals surface area contributed by atoms with Gasteiger partial charge in [-0.15, -0.1) is 0 Å². The van der Waals surface area contributed by atoms with Gasteiger partial charge < -0.3 is 10.1 Å². The van der Waals surface area contributed by atoms with E-state index in [9.17, 15) is 4.79 Å². The highest BCUT2D eigenvalue weighted by Crippen LogP contribution is 2.17. The number of carbonyl (C=O) groups excluding carboxylic acids is 1. The minimum Gasteiger partial charge on any atom is -0.462 e. The van der Waals surface area contributed by atoms with Crippen LogP contribution in [0.2, 0.25) is 0 Å². The van der Waals surface area contributed by atoms with E-state index in [1.807, 2.05) is 49.4 Å². The third-order valence-electron chi connectivity index (χ3n) is 2.81. The molecule has 22 heavy (non-hydrogen) atoms. The van der Waals surface area contributed by atoms with E-state index in [4.69, 9.17) is 10.00 Å². The van der Waals surface area contributed by atoms with Crippen molar-refractivity contribution in [2.45, 2.75) is 13.8 Å². The van der Waals surface area contributed by atoms with Crippen LogP contribution in [0.15, 0.2) is 48.2 Å². The zero-order valence-corrected chi connectivity index (χ0v) is 12.4. The van der Waals surface area contributed by atoms with Crippen molar-refractivity contribution in [1.82, 2.24) is 9.78 Å². The fraction of sp³-hybridized carbons (Fsp3) is 0.188. The van der Waals surface area contributed by atoms with Gasteiger partial charge in [0.15, 0.2) is 5.57 Å². The minimum absolute atomic E-state index is 0.0969. The number of nitriles is 1. The molecular formula is C16H16N4O2. The molecule has 1 N–H and O–H groups in total. The van der Waals surface area contributed by atoms with Gasteiger partial charge in [0.05, 0.1) is 18.0 Å². The lowest BCUT2D eigenvalue weighted by molar-refractivity contribution is -0.138. The van der Waals surface area contributed by atoms with Crippen LogP contribution in [0.5, 0.6) is 0 Å². The molecule has 0 saturated carbocycles. The van der Waals surface area contributed by atoms with E-state index in [0.717, 1.165) is 11.4 Å². The number of benzene rings is 1. The number of aryl methyl sites for hydroxylation is 1. The van der Waals surface area contributed by atoms with Gasteiger partial charge >= 0.3 is 5.97 Å². The molecule has 0 atom stereocenters. The molecule has 6 heteroatoms. The Bertz CT molecular complexity index is 726. The summed E-state index contributed by atoms with van der Waals surface area (Å²) in [6, 6.07) is 13.2. The zero-order chi connectivity index (χ0) is 15.9. The lowest BCUT2D eigenvalue weighted by Crippen LogP contribution is -2.09. The molecular weight excluding hydrogens is 280 g/mol. The highest BCUT2D eigenvalue weighted by molar-refractivity contribution is 5.93. The van der Waals surface area contributed by atoms with Gasteiger partial charge in [0.25, 0.3) is 0 Å². The molecule has 0 aliphatic rings. The van der Waals surface area contributed by atoms with Crippen LogP contribution in [-0.4, -0.2) is 22.4 Å². The zero-order valence-electron chi connectivity index (χ0n) is 12.4. The number of para-hydroxylation sites is 1. The Morgan fingerprint density at radius 1 is 1.45 bits per heavy atom. The standard InChI is InChI=1S/C16H16N4O2/c1-3-22-16(21)13(10-17)11-18-15-9-12(2)19-20(15)14-7-5-4-6-8-14/h4-9,11,18H,3H2,1-2H3. The first-order valence-electron chi connectivity index (χ1n) is 6.81. The number of nitrogens with one attached hydrogen (secondary N) is 1. The molecule has 2 aromatic rings. The van der Waals surface area contributed by atoms with Crippen LogP contribution in [0.3, 0.4) is 0 Å². The van der Waals surface area contributed by atoms with Gasteiger partial charge in [-0.1, -0.05) is 18.2 Å².